The summed E-state index contributed by atoms with van der Waals surface area (Å²) in [5.74, 6) is 1.78. The highest BCUT2D eigenvalue weighted by Gasteiger charge is 2.28. The Bertz CT molecular complexity index is 989. The van der Waals surface area contributed by atoms with Crippen LogP contribution in [-0.4, -0.2) is 24.9 Å². The van der Waals surface area contributed by atoms with Crippen LogP contribution in [0.25, 0.3) is 11.2 Å². The van der Waals surface area contributed by atoms with Gasteiger partial charge in [0.05, 0.1) is 6.04 Å². The molecule has 0 radical (unpaired) electrons. The minimum absolute atomic E-state index is 0.0354. The number of aromatic nitrogens is 4. The third-order valence-electron chi connectivity index (χ3n) is 4.80. The first-order valence-corrected chi connectivity index (χ1v) is 9.23. The van der Waals surface area contributed by atoms with E-state index in [0.717, 1.165) is 29.6 Å². The van der Waals surface area contributed by atoms with Crippen LogP contribution in [-0.2, 0) is 19.9 Å². The van der Waals surface area contributed by atoms with E-state index in [1.165, 1.54) is 11.1 Å². The van der Waals surface area contributed by atoms with Crippen molar-refractivity contribution in [3.8, 4) is 0 Å². The Hall–Kier alpha value is -2.08. The Kier molecular flexibility index (Phi) is 3.72. The van der Waals surface area contributed by atoms with Gasteiger partial charge in [-0.1, -0.05) is 43.0 Å². The SMILES string of the molecule is CCc1nc2nc3n(c(=O)c2n1C)C(Cc1ccccc1C)CS3. The van der Waals surface area contributed by atoms with Crippen LogP contribution in [0.2, 0.25) is 0 Å². The van der Waals surface area contributed by atoms with Crippen LogP contribution >= 0.6 is 11.8 Å². The number of hydrogen-bond donors (Lipinski definition) is 0. The molecule has 0 saturated heterocycles. The molecule has 3 aromatic rings. The van der Waals surface area contributed by atoms with Gasteiger partial charge < -0.3 is 4.57 Å². The van der Waals surface area contributed by atoms with E-state index in [-0.39, 0.29) is 11.6 Å². The molecule has 0 saturated carbocycles. The van der Waals surface area contributed by atoms with Gasteiger partial charge in [-0.2, -0.15) is 0 Å². The maximum Gasteiger partial charge on any atom is 0.280 e. The molecule has 1 atom stereocenters. The molecule has 2 aromatic heterocycles. The van der Waals surface area contributed by atoms with Gasteiger partial charge in [-0.05, 0) is 24.5 Å². The Morgan fingerprint density at radius 2 is 2.08 bits per heavy atom. The standard InChI is InChI=1S/C18H20N4OS/c1-4-14-19-16-15(21(14)3)17(23)22-13(10-24-18(22)20-16)9-12-8-6-5-7-11(12)2/h5-8,13H,4,9-10H2,1-3H3. The van der Waals surface area contributed by atoms with Crippen molar-refractivity contribution < 1.29 is 0 Å². The van der Waals surface area contributed by atoms with Crippen molar-refractivity contribution in [3.05, 3.63) is 51.6 Å². The number of nitrogens with zero attached hydrogens (tertiary/aromatic N) is 4. The fraction of sp³-hybridized carbons (Fsp3) is 0.389. The molecule has 0 aliphatic carbocycles. The minimum atomic E-state index is 0.0354. The number of aryl methyl sites for hydroxylation is 3. The molecule has 1 aliphatic rings. The number of fused-ring (bicyclic) bond motifs is 2. The van der Waals surface area contributed by atoms with E-state index in [1.807, 2.05) is 23.1 Å². The smallest absolute Gasteiger partial charge is 0.280 e. The number of benzene rings is 1. The first-order chi connectivity index (χ1) is 11.6. The van der Waals surface area contributed by atoms with E-state index < -0.39 is 0 Å². The molecule has 4 rings (SSSR count). The average Bonchev–Trinajstić information content (AvgIpc) is 3.11. The van der Waals surface area contributed by atoms with Crippen molar-refractivity contribution in [1.82, 2.24) is 19.1 Å². The monoisotopic (exact) mass is 340 g/mol. The summed E-state index contributed by atoms with van der Waals surface area (Å²) in [7, 11) is 1.91. The molecular formula is C18H20N4OS. The van der Waals surface area contributed by atoms with E-state index in [2.05, 4.69) is 41.2 Å². The Morgan fingerprint density at radius 1 is 1.29 bits per heavy atom. The molecule has 1 unspecified atom stereocenters. The summed E-state index contributed by atoms with van der Waals surface area (Å²) in [6.45, 7) is 4.17. The van der Waals surface area contributed by atoms with Gasteiger partial charge in [0, 0.05) is 19.2 Å². The number of imidazole rings is 1. The zero-order valence-corrected chi connectivity index (χ0v) is 14.9. The first-order valence-electron chi connectivity index (χ1n) is 8.25. The first kappa shape index (κ1) is 15.4. The van der Waals surface area contributed by atoms with Crippen molar-refractivity contribution in [2.24, 2.45) is 7.05 Å². The molecule has 124 valence electrons. The van der Waals surface area contributed by atoms with Crippen molar-refractivity contribution in [2.75, 3.05) is 5.75 Å². The molecule has 1 aromatic carbocycles. The summed E-state index contributed by atoms with van der Waals surface area (Å²) in [5.41, 5.74) is 3.80. The zero-order chi connectivity index (χ0) is 16.8. The Morgan fingerprint density at radius 3 is 2.83 bits per heavy atom. The highest BCUT2D eigenvalue weighted by molar-refractivity contribution is 7.99. The van der Waals surface area contributed by atoms with Crippen LogP contribution in [0.5, 0.6) is 0 Å². The van der Waals surface area contributed by atoms with Gasteiger partial charge in [0.15, 0.2) is 16.3 Å². The minimum Gasteiger partial charge on any atom is -0.325 e. The molecule has 0 fully saturated rings. The molecule has 24 heavy (non-hydrogen) atoms. The van der Waals surface area contributed by atoms with Crippen LogP contribution in [0.1, 0.15) is 29.9 Å². The lowest BCUT2D eigenvalue weighted by atomic mass is 10.0. The molecule has 6 heteroatoms. The average molecular weight is 340 g/mol. The molecule has 0 spiro atoms. The Labute approximate surface area is 144 Å². The van der Waals surface area contributed by atoms with E-state index in [1.54, 1.807) is 11.8 Å². The highest BCUT2D eigenvalue weighted by Crippen LogP contribution is 2.33. The lowest BCUT2D eigenvalue weighted by molar-refractivity contribution is 0.505. The summed E-state index contributed by atoms with van der Waals surface area (Å²) in [6, 6.07) is 8.53. The lowest BCUT2D eigenvalue weighted by Crippen LogP contribution is -2.27. The maximum atomic E-state index is 13.1. The predicted molar refractivity (Wildman–Crippen MR) is 96.8 cm³/mol. The van der Waals surface area contributed by atoms with Crippen LogP contribution in [0.4, 0.5) is 0 Å². The normalized spacial score (nSPS) is 16.7. The summed E-state index contributed by atoms with van der Waals surface area (Å²) in [6.07, 6.45) is 1.65. The molecule has 0 amide bonds. The topological polar surface area (TPSA) is 52.7 Å². The van der Waals surface area contributed by atoms with E-state index in [4.69, 9.17) is 0 Å². The summed E-state index contributed by atoms with van der Waals surface area (Å²) in [4.78, 5) is 22.3. The maximum absolute atomic E-state index is 13.1. The molecule has 0 N–H and O–H groups in total. The van der Waals surface area contributed by atoms with Gasteiger partial charge in [0.25, 0.3) is 5.56 Å². The van der Waals surface area contributed by atoms with Gasteiger partial charge >= 0.3 is 0 Å². The fourth-order valence-corrected chi connectivity index (χ4v) is 4.55. The molecule has 3 heterocycles. The zero-order valence-electron chi connectivity index (χ0n) is 14.1. The van der Waals surface area contributed by atoms with Crippen LogP contribution < -0.4 is 5.56 Å². The summed E-state index contributed by atoms with van der Waals surface area (Å²) < 4.78 is 3.77. The van der Waals surface area contributed by atoms with Gasteiger partial charge in [-0.3, -0.25) is 9.36 Å². The van der Waals surface area contributed by atoms with Gasteiger partial charge in [0.2, 0.25) is 0 Å². The van der Waals surface area contributed by atoms with E-state index in [0.29, 0.717) is 11.2 Å². The van der Waals surface area contributed by atoms with E-state index in [9.17, 15) is 4.79 Å². The summed E-state index contributed by atoms with van der Waals surface area (Å²) >= 11 is 1.66. The predicted octanol–water partition coefficient (Wildman–Crippen LogP) is 2.89. The van der Waals surface area contributed by atoms with Gasteiger partial charge in [-0.15, -0.1) is 0 Å². The van der Waals surface area contributed by atoms with Crippen LogP contribution in [0, 0.1) is 6.92 Å². The van der Waals surface area contributed by atoms with Gasteiger partial charge in [-0.25, -0.2) is 9.97 Å². The fourth-order valence-electron chi connectivity index (χ4n) is 3.42. The second-order valence-corrected chi connectivity index (χ2v) is 7.26. The molecule has 5 nitrogen and oxygen atoms in total. The van der Waals surface area contributed by atoms with E-state index >= 15 is 0 Å². The number of hydrogen-bond acceptors (Lipinski definition) is 4. The van der Waals surface area contributed by atoms with Crippen LogP contribution in [0.15, 0.2) is 34.2 Å². The summed E-state index contributed by atoms with van der Waals surface area (Å²) in [5, 5.41) is 0.798. The third-order valence-corrected chi connectivity index (χ3v) is 5.90. The second-order valence-electron chi connectivity index (χ2n) is 6.28. The number of thioether (sulfide) groups is 1. The van der Waals surface area contributed by atoms with Crippen LogP contribution in [0.3, 0.4) is 0 Å². The van der Waals surface area contributed by atoms with Crippen molar-refractivity contribution in [3.63, 3.8) is 0 Å². The van der Waals surface area contributed by atoms with Gasteiger partial charge in [0.1, 0.15) is 5.82 Å². The molecule has 0 bridgehead atoms. The lowest BCUT2D eigenvalue weighted by Gasteiger charge is -2.15. The largest absolute Gasteiger partial charge is 0.325 e. The third kappa shape index (κ3) is 2.28. The van der Waals surface area contributed by atoms with Crippen molar-refractivity contribution in [1.29, 1.82) is 0 Å². The van der Waals surface area contributed by atoms with Crippen molar-refractivity contribution in [2.45, 2.75) is 37.9 Å². The molecular weight excluding hydrogens is 320 g/mol. The second kappa shape index (κ2) is 5.77. The Balaban J connectivity index is 1.83. The van der Waals surface area contributed by atoms with Crippen molar-refractivity contribution >= 4 is 22.9 Å². The highest BCUT2D eigenvalue weighted by atomic mass is 32.2. The molecule has 1 aliphatic heterocycles. The number of rotatable bonds is 3. The quantitative estimate of drug-likeness (QED) is 0.688.